The second kappa shape index (κ2) is 10.7. The molecule has 4 N–H and O–H groups in total. The standard InChI is InChI=1S/C28H32FN7O3S/c1-18(19-3-2-4-22(13-19)36-8-7-20(30)16-36)40(37,38)34-21-5-6-23(25(29)14-21)26-15-24-27(33-26)31-17-32-28(24)35-9-11-39-12-10-35/h2-6,13-15,17-18,20,34H,7-12,16,30H2,1H3,(H,31,32,33)/t18?,20-/m1/s1. The second-order valence-electron chi connectivity index (χ2n) is 10.3. The lowest BCUT2D eigenvalue weighted by Gasteiger charge is -2.27. The Hall–Kier alpha value is -3.74. The van der Waals surface area contributed by atoms with E-state index in [0.29, 0.717) is 48.8 Å². The van der Waals surface area contributed by atoms with Crippen molar-refractivity contribution >= 4 is 38.2 Å². The summed E-state index contributed by atoms with van der Waals surface area (Å²) in [6.45, 7) is 5.87. The average Bonchev–Trinajstić information content (AvgIpc) is 3.59. The van der Waals surface area contributed by atoms with Gasteiger partial charge in [-0.25, -0.2) is 22.8 Å². The van der Waals surface area contributed by atoms with Crippen LogP contribution >= 0.6 is 0 Å². The van der Waals surface area contributed by atoms with Gasteiger partial charge in [0.15, 0.2) is 0 Å². The highest BCUT2D eigenvalue weighted by Gasteiger charge is 2.26. The van der Waals surface area contributed by atoms with Crippen molar-refractivity contribution in [1.82, 2.24) is 15.0 Å². The SMILES string of the molecule is CC(c1cccc(N2CC[C@@H](N)C2)c1)S(=O)(=O)Nc1ccc(-c2cc3c(N4CCOCC4)ncnc3[nH]2)c(F)c1. The molecule has 2 aromatic heterocycles. The number of H-pyrrole nitrogens is 1. The van der Waals surface area contributed by atoms with E-state index in [9.17, 15) is 8.42 Å². The first kappa shape index (κ1) is 26.5. The van der Waals surface area contributed by atoms with Crippen LogP contribution in [0.1, 0.15) is 24.2 Å². The number of anilines is 3. The Bertz CT molecular complexity index is 1640. The molecule has 0 radical (unpaired) electrons. The van der Waals surface area contributed by atoms with Crippen molar-refractivity contribution in [1.29, 1.82) is 0 Å². The first-order valence-corrected chi connectivity index (χ1v) is 14.9. The highest BCUT2D eigenvalue weighted by Crippen LogP contribution is 2.33. The highest BCUT2D eigenvalue weighted by atomic mass is 32.2. The number of sulfonamides is 1. The number of nitrogens with two attached hydrogens (primary N) is 1. The fraction of sp³-hybridized carbons (Fsp3) is 0.357. The Kier molecular flexibility index (Phi) is 7.07. The summed E-state index contributed by atoms with van der Waals surface area (Å²) >= 11 is 0. The van der Waals surface area contributed by atoms with Crippen LogP contribution in [0.4, 0.5) is 21.6 Å². The molecule has 1 unspecified atom stereocenters. The topological polar surface area (TPSA) is 129 Å². The lowest BCUT2D eigenvalue weighted by atomic mass is 10.1. The van der Waals surface area contributed by atoms with Crippen LogP contribution in [-0.4, -0.2) is 68.8 Å². The average molecular weight is 566 g/mol. The zero-order chi connectivity index (χ0) is 27.9. The van der Waals surface area contributed by atoms with Crippen molar-refractivity contribution in [3.63, 3.8) is 0 Å². The zero-order valence-corrected chi connectivity index (χ0v) is 23.0. The summed E-state index contributed by atoms with van der Waals surface area (Å²) in [7, 11) is -3.85. The molecule has 2 aliphatic heterocycles. The van der Waals surface area contributed by atoms with Crippen molar-refractivity contribution in [2.45, 2.75) is 24.6 Å². The smallest absolute Gasteiger partial charge is 0.239 e. The number of rotatable bonds is 7. The summed E-state index contributed by atoms with van der Waals surface area (Å²) in [5.41, 5.74) is 9.23. The van der Waals surface area contributed by atoms with Gasteiger partial charge in [0, 0.05) is 43.5 Å². The van der Waals surface area contributed by atoms with E-state index in [0.717, 1.165) is 36.4 Å². The van der Waals surface area contributed by atoms with E-state index in [4.69, 9.17) is 10.5 Å². The van der Waals surface area contributed by atoms with Gasteiger partial charge in [0.05, 0.1) is 30.0 Å². The number of fused-ring (bicyclic) bond motifs is 1. The number of hydrogen-bond donors (Lipinski definition) is 3. The van der Waals surface area contributed by atoms with Crippen molar-refractivity contribution in [2.75, 3.05) is 53.9 Å². The maximum absolute atomic E-state index is 15.3. The number of ether oxygens (including phenoxy) is 1. The summed E-state index contributed by atoms with van der Waals surface area (Å²) in [6.07, 6.45) is 2.39. The molecule has 12 heteroatoms. The highest BCUT2D eigenvalue weighted by molar-refractivity contribution is 7.92. The Morgan fingerprint density at radius 2 is 1.93 bits per heavy atom. The van der Waals surface area contributed by atoms with Crippen LogP contribution in [0.5, 0.6) is 0 Å². The van der Waals surface area contributed by atoms with Gasteiger partial charge in [0.25, 0.3) is 0 Å². The van der Waals surface area contributed by atoms with Crippen molar-refractivity contribution in [2.24, 2.45) is 5.73 Å². The fourth-order valence-electron chi connectivity index (χ4n) is 5.32. The molecule has 0 aliphatic carbocycles. The van der Waals surface area contributed by atoms with Gasteiger partial charge in [-0.3, -0.25) is 4.72 Å². The minimum absolute atomic E-state index is 0.119. The monoisotopic (exact) mass is 565 g/mol. The maximum atomic E-state index is 15.3. The molecule has 2 saturated heterocycles. The van der Waals surface area contributed by atoms with Gasteiger partial charge in [0.1, 0.15) is 28.9 Å². The van der Waals surface area contributed by atoms with Gasteiger partial charge in [-0.05, 0) is 55.3 Å². The molecule has 210 valence electrons. The molecule has 0 spiro atoms. The van der Waals surface area contributed by atoms with Crippen LogP contribution in [0, 0.1) is 5.82 Å². The molecular weight excluding hydrogens is 533 g/mol. The van der Waals surface area contributed by atoms with Crippen LogP contribution in [0.25, 0.3) is 22.3 Å². The van der Waals surface area contributed by atoms with E-state index in [1.54, 1.807) is 25.1 Å². The van der Waals surface area contributed by atoms with Gasteiger partial charge in [-0.2, -0.15) is 0 Å². The Labute approximate surface area is 232 Å². The first-order valence-electron chi connectivity index (χ1n) is 13.4. The van der Waals surface area contributed by atoms with Crippen molar-refractivity contribution < 1.29 is 17.5 Å². The van der Waals surface area contributed by atoms with Crippen LogP contribution in [0.2, 0.25) is 0 Å². The molecule has 6 rings (SSSR count). The number of nitrogens with zero attached hydrogens (tertiary/aromatic N) is 4. The molecule has 2 aliphatic rings. The molecule has 2 aromatic carbocycles. The largest absolute Gasteiger partial charge is 0.378 e. The molecule has 2 fully saturated rings. The van der Waals surface area contributed by atoms with E-state index >= 15 is 4.39 Å². The van der Waals surface area contributed by atoms with Crippen molar-refractivity contribution in [3.8, 4) is 11.3 Å². The van der Waals surface area contributed by atoms with E-state index in [1.165, 1.54) is 12.4 Å². The summed E-state index contributed by atoms with van der Waals surface area (Å²) in [6, 6.07) is 13.7. The Morgan fingerprint density at radius 3 is 2.67 bits per heavy atom. The maximum Gasteiger partial charge on any atom is 0.239 e. The predicted molar refractivity (Wildman–Crippen MR) is 155 cm³/mol. The van der Waals surface area contributed by atoms with Crippen LogP contribution < -0.4 is 20.3 Å². The summed E-state index contributed by atoms with van der Waals surface area (Å²) < 4.78 is 49.9. The number of benzene rings is 2. The molecule has 40 heavy (non-hydrogen) atoms. The molecule has 4 heterocycles. The number of hydrogen-bond acceptors (Lipinski definition) is 8. The number of morpholine rings is 1. The molecule has 0 saturated carbocycles. The normalized spacial score (nSPS) is 18.8. The van der Waals surface area contributed by atoms with E-state index < -0.39 is 21.1 Å². The molecule has 10 nitrogen and oxygen atoms in total. The number of halogens is 1. The summed E-state index contributed by atoms with van der Waals surface area (Å²) in [5, 5.41) is -0.0621. The molecule has 0 bridgehead atoms. The predicted octanol–water partition coefficient (Wildman–Crippen LogP) is 3.64. The zero-order valence-electron chi connectivity index (χ0n) is 22.2. The van der Waals surface area contributed by atoms with Gasteiger partial charge in [-0.15, -0.1) is 0 Å². The van der Waals surface area contributed by atoms with Crippen LogP contribution in [0.3, 0.4) is 0 Å². The third kappa shape index (κ3) is 5.21. The quantitative estimate of drug-likeness (QED) is 0.310. The summed E-state index contributed by atoms with van der Waals surface area (Å²) in [5.74, 6) is 0.207. The second-order valence-corrected chi connectivity index (χ2v) is 12.3. The third-order valence-electron chi connectivity index (χ3n) is 7.63. The molecule has 0 amide bonds. The van der Waals surface area contributed by atoms with E-state index in [1.807, 2.05) is 24.3 Å². The van der Waals surface area contributed by atoms with Crippen LogP contribution in [0.15, 0.2) is 54.9 Å². The van der Waals surface area contributed by atoms with E-state index in [2.05, 4.69) is 29.5 Å². The molecule has 2 atom stereocenters. The number of aromatic amines is 1. The van der Waals surface area contributed by atoms with Crippen LogP contribution in [-0.2, 0) is 14.8 Å². The lowest BCUT2D eigenvalue weighted by Crippen LogP contribution is -2.36. The molecule has 4 aromatic rings. The van der Waals surface area contributed by atoms with Gasteiger partial charge < -0.3 is 25.3 Å². The van der Waals surface area contributed by atoms with Gasteiger partial charge >= 0.3 is 0 Å². The minimum Gasteiger partial charge on any atom is -0.378 e. The third-order valence-corrected chi connectivity index (χ3v) is 9.35. The van der Waals surface area contributed by atoms with Gasteiger partial charge in [-0.1, -0.05) is 12.1 Å². The van der Waals surface area contributed by atoms with Crippen molar-refractivity contribution in [3.05, 3.63) is 66.2 Å². The Balaban J connectivity index is 1.22. The van der Waals surface area contributed by atoms with E-state index in [-0.39, 0.29) is 11.7 Å². The molecular formula is C28H32FN7O3S. The fourth-order valence-corrected chi connectivity index (χ4v) is 6.46. The number of aromatic nitrogens is 3. The summed E-state index contributed by atoms with van der Waals surface area (Å²) in [4.78, 5) is 16.2. The number of nitrogens with one attached hydrogen (secondary N) is 2. The Morgan fingerprint density at radius 1 is 1.10 bits per heavy atom. The lowest BCUT2D eigenvalue weighted by molar-refractivity contribution is 0.122. The first-order chi connectivity index (χ1) is 19.3. The minimum atomic E-state index is -3.85. The van der Waals surface area contributed by atoms with Gasteiger partial charge in [0.2, 0.25) is 10.0 Å².